The molecule has 1 N–H and O–H groups in total. The number of anilines is 1. The normalized spacial score (nSPS) is 18.2. The first kappa shape index (κ1) is 19.6. The molecule has 1 aromatic heterocycles. The molecule has 8 nitrogen and oxygen atoms in total. The van der Waals surface area contributed by atoms with Crippen molar-refractivity contribution in [1.29, 1.82) is 0 Å². The maximum Gasteiger partial charge on any atom is 0.249 e. The SMILES string of the molecule is CC(C)(C)CC(=O)N1CCC[C@H]1C(=O)Nc1nnc(-c2ccc3c(c2)OCO3)s1. The molecule has 0 saturated carbocycles. The number of hydrogen-bond donors (Lipinski definition) is 1. The van der Waals surface area contributed by atoms with E-state index in [1.54, 1.807) is 4.90 Å². The third-order valence-electron chi connectivity index (χ3n) is 4.83. The highest BCUT2D eigenvalue weighted by atomic mass is 32.1. The molecule has 154 valence electrons. The number of hydrogen-bond acceptors (Lipinski definition) is 7. The maximum atomic E-state index is 12.8. The number of likely N-dealkylation sites (tertiary alicyclic amines) is 1. The first-order valence-corrected chi connectivity index (χ1v) is 10.5. The Balaban J connectivity index is 1.43. The van der Waals surface area contributed by atoms with E-state index in [4.69, 9.17) is 9.47 Å². The number of nitrogens with one attached hydrogen (secondary N) is 1. The van der Waals surface area contributed by atoms with Crippen LogP contribution in [0, 0.1) is 5.41 Å². The van der Waals surface area contributed by atoms with Gasteiger partial charge in [-0.3, -0.25) is 14.9 Å². The maximum absolute atomic E-state index is 12.8. The van der Waals surface area contributed by atoms with Gasteiger partial charge in [0.2, 0.25) is 23.7 Å². The fourth-order valence-corrected chi connectivity index (χ4v) is 4.24. The molecule has 0 aliphatic carbocycles. The molecule has 4 rings (SSSR count). The van der Waals surface area contributed by atoms with Gasteiger partial charge in [0.15, 0.2) is 11.5 Å². The van der Waals surface area contributed by atoms with Crippen LogP contribution < -0.4 is 14.8 Å². The fourth-order valence-electron chi connectivity index (χ4n) is 3.50. The Morgan fingerprint density at radius 3 is 2.83 bits per heavy atom. The van der Waals surface area contributed by atoms with Crippen LogP contribution in [0.3, 0.4) is 0 Å². The van der Waals surface area contributed by atoms with Crippen LogP contribution in [0.5, 0.6) is 11.5 Å². The molecule has 0 unspecified atom stereocenters. The molecular formula is C20H24N4O4S. The highest BCUT2D eigenvalue weighted by molar-refractivity contribution is 7.18. The first-order chi connectivity index (χ1) is 13.8. The summed E-state index contributed by atoms with van der Waals surface area (Å²) in [5.41, 5.74) is 0.731. The fraction of sp³-hybridized carbons (Fsp3) is 0.500. The van der Waals surface area contributed by atoms with Crippen LogP contribution in [-0.4, -0.2) is 46.3 Å². The topological polar surface area (TPSA) is 93.7 Å². The van der Waals surface area contributed by atoms with Crippen molar-refractivity contribution >= 4 is 28.3 Å². The van der Waals surface area contributed by atoms with Crippen LogP contribution in [0.25, 0.3) is 10.6 Å². The quantitative estimate of drug-likeness (QED) is 0.822. The summed E-state index contributed by atoms with van der Waals surface area (Å²) in [7, 11) is 0. The van der Waals surface area contributed by atoms with E-state index in [0.29, 0.717) is 41.0 Å². The third kappa shape index (κ3) is 4.34. The minimum Gasteiger partial charge on any atom is -0.454 e. The van der Waals surface area contributed by atoms with E-state index < -0.39 is 6.04 Å². The molecule has 1 saturated heterocycles. The zero-order chi connectivity index (χ0) is 20.6. The molecule has 1 aromatic carbocycles. The number of ether oxygens (including phenoxy) is 2. The zero-order valence-corrected chi connectivity index (χ0v) is 17.5. The lowest BCUT2D eigenvalue weighted by Gasteiger charge is -2.27. The van der Waals surface area contributed by atoms with Gasteiger partial charge >= 0.3 is 0 Å². The molecule has 1 fully saturated rings. The molecule has 2 amide bonds. The Labute approximate surface area is 173 Å². The van der Waals surface area contributed by atoms with Gasteiger partial charge < -0.3 is 14.4 Å². The molecule has 3 heterocycles. The standard InChI is InChI=1S/C20H24N4O4S/c1-20(2,3)10-16(25)24-8-4-5-13(24)17(26)21-19-23-22-18(29-19)12-6-7-14-15(9-12)28-11-27-14/h6-7,9,13H,4-5,8,10-11H2,1-3H3,(H,21,23,26)/t13-/m0/s1. The lowest BCUT2D eigenvalue weighted by atomic mass is 9.91. The van der Waals surface area contributed by atoms with Crippen molar-refractivity contribution in [2.45, 2.75) is 46.1 Å². The molecule has 29 heavy (non-hydrogen) atoms. The van der Waals surface area contributed by atoms with Crippen molar-refractivity contribution in [3.63, 3.8) is 0 Å². The van der Waals surface area contributed by atoms with Crippen LogP contribution in [0.1, 0.15) is 40.0 Å². The lowest BCUT2D eigenvalue weighted by molar-refractivity contribution is -0.138. The Hall–Kier alpha value is -2.68. The van der Waals surface area contributed by atoms with Gasteiger partial charge in [0, 0.05) is 18.5 Å². The van der Waals surface area contributed by atoms with Gasteiger partial charge in [-0.2, -0.15) is 0 Å². The highest BCUT2D eigenvalue weighted by Gasteiger charge is 2.35. The molecule has 0 spiro atoms. The third-order valence-corrected chi connectivity index (χ3v) is 5.72. The van der Waals surface area contributed by atoms with Gasteiger partial charge in [-0.15, -0.1) is 10.2 Å². The van der Waals surface area contributed by atoms with Crippen molar-refractivity contribution in [2.75, 3.05) is 18.7 Å². The Morgan fingerprint density at radius 2 is 2.03 bits per heavy atom. The number of amides is 2. The van der Waals surface area contributed by atoms with Gasteiger partial charge in [-0.05, 0) is 36.5 Å². The molecule has 2 aliphatic heterocycles. The van der Waals surface area contributed by atoms with Crippen LogP contribution in [0.15, 0.2) is 18.2 Å². The second kappa shape index (κ2) is 7.62. The number of rotatable bonds is 4. The van der Waals surface area contributed by atoms with E-state index in [2.05, 4.69) is 15.5 Å². The molecule has 0 bridgehead atoms. The second-order valence-electron chi connectivity index (χ2n) is 8.45. The van der Waals surface area contributed by atoms with E-state index in [-0.39, 0.29) is 24.0 Å². The van der Waals surface area contributed by atoms with Crippen molar-refractivity contribution < 1.29 is 19.1 Å². The first-order valence-electron chi connectivity index (χ1n) is 9.64. The van der Waals surface area contributed by atoms with E-state index in [0.717, 1.165) is 12.0 Å². The van der Waals surface area contributed by atoms with Crippen molar-refractivity contribution in [1.82, 2.24) is 15.1 Å². The van der Waals surface area contributed by atoms with Crippen molar-refractivity contribution in [3.05, 3.63) is 18.2 Å². The van der Waals surface area contributed by atoms with Crippen molar-refractivity contribution in [2.24, 2.45) is 5.41 Å². The van der Waals surface area contributed by atoms with E-state index in [9.17, 15) is 9.59 Å². The van der Waals surface area contributed by atoms with Gasteiger partial charge in [0.05, 0.1) is 0 Å². The van der Waals surface area contributed by atoms with E-state index in [1.807, 2.05) is 39.0 Å². The Bertz CT molecular complexity index is 937. The van der Waals surface area contributed by atoms with Crippen LogP contribution in [-0.2, 0) is 9.59 Å². The smallest absolute Gasteiger partial charge is 0.249 e. The average molecular weight is 417 g/mol. The molecule has 0 radical (unpaired) electrons. The van der Waals surface area contributed by atoms with Gasteiger partial charge in [-0.25, -0.2) is 0 Å². The summed E-state index contributed by atoms with van der Waals surface area (Å²) >= 11 is 1.28. The average Bonchev–Trinajstić information content (AvgIpc) is 3.39. The molecule has 2 aromatic rings. The van der Waals surface area contributed by atoms with Gasteiger partial charge in [0.25, 0.3) is 0 Å². The Kier molecular flexibility index (Phi) is 5.16. The number of nitrogens with zero attached hydrogens (tertiary/aromatic N) is 3. The summed E-state index contributed by atoms with van der Waals surface area (Å²) < 4.78 is 10.7. The number of fused-ring (bicyclic) bond motifs is 1. The minimum atomic E-state index is -0.456. The molecule has 2 aliphatic rings. The summed E-state index contributed by atoms with van der Waals surface area (Å²) in [5.74, 6) is 1.18. The van der Waals surface area contributed by atoms with Gasteiger partial charge in [0.1, 0.15) is 11.0 Å². The molecule has 9 heteroatoms. The molecular weight excluding hydrogens is 392 g/mol. The summed E-state index contributed by atoms with van der Waals surface area (Å²) in [6.07, 6.45) is 1.91. The van der Waals surface area contributed by atoms with Crippen LogP contribution in [0.2, 0.25) is 0 Å². The summed E-state index contributed by atoms with van der Waals surface area (Å²) in [5, 5.41) is 12.2. The monoisotopic (exact) mass is 416 g/mol. The summed E-state index contributed by atoms with van der Waals surface area (Å²) in [4.78, 5) is 27.1. The zero-order valence-electron chi connectivity index (χ0n) is 16.7. The number of carbonyl (C=O) groups excluding carboxylic acids is 2. The second-order valence-corrected chi connectivity index (χ2v) is 9.43. The summed E-state index contributed by atoms with van der Waals surface area (Å²) in [6, 6.07) is 5.10. The van der Waals surface area contributed by atoms with E-state index >= 15 is 0 Å². The van der Waals surface area contributed by atoms with Gasteiger partial charge in [-0.1, -0.05) is 32.1 Å². The van der Waals surface area contributed by atoms with Crippen molar-refractivity contribution in [3.8, 4) is 22.1 Å². The number of benzene rings is 1. The largest absolute Gasteiger partial charge is 0.454 e. The predicted octanol–water partition coefficient (Wildman–Crippen LogP) is 3.30. The number of aromatic nitrogens is 2. The van der Waals surface area contributed by atoms with E-state index in [1.165, 1.54) is 11.3 Å². The lowest BCUT2D eigenvalue weighted by Crippen LogP contribution is -2.44. The van der Waals surface area contributed by atoms with Crippen LogP contribution >= 0.6 is 11.3 Å². The highest BCUT2D eigenvalue weighted by Crippen LogP contribution is 2.37. The molecule has 1 atom stereocenters. The predicted molar refractivity (Wildman–Crippen MR) is 109 cm³/mol. The summed E-state index contributed by atoms with van der Waals surface area (Å²) in [6.45, 7) is 6.90. The minimum absolute atomic E-state index is 0.0217. The van der Waals surface area contributed by atoms with Crippen LogP contribution in [0.4, 0.5) is 5.13 Å². The Morgan fingerprint density at radius 1 is 1.24 bits per heavy atom. The number of carbonyl (C=O) groups is 2.